The lowest BCUT2D eigenvalue weighted by Gasteiger charge is -2.13. The number of hydrogen-bond donors (Lipinski definition) is 2. The van der Waals surface area contributed by atoms with E-state index in [1.807, 2.05) is 6.92 Å². The number of carbonyl (C=O) groups is 2. The van der Waals surface area contributed by atoms with Crippen LogP contribution in [0.1, 0.15) is 5.56 Å². The van der Waals surface area contributed by atoms with Crippen LogP contribution in [0.2, 0.25) is 0 Å². The van der Waals surface area contributed by atoms with Gasteiger partial charge in [0.05, 0.1) is 32.8 Å². The molecule has 150 valence electrons. The van der Waals surface area contributed by atoms with Gasteiger partial charge >= 0.3 is 0 Å². The molecule has 0 aromatic heterocycles. The minimum atomic E-state index is -0.197. The van der Waals surface area contributed by atoms with Crippen LogP contribution in [0.4, 0.5) is 11.4 Å². The summed E-state index contributed by atoms with van der Waals surface area (Å²) in [6.45, 7) is 1.87. The van der Waals surface area contributed by atoms with Gasteiger partial charge in [0.2, 0.25) is 11.8 Å². The Morgan fingerprint density at radius 2 is 1.43 bits per heavy atom. The van der Waals surface area contributed by atoms with Crippen molar-refractivity contribution in [2.75, 3.05) is 43.5 Å². The number of carbonyl (C=O) groups excluding carboxylic acids is 2. The van der Waals surface area contributed by atoms with Crippen LogP contribution in [0.15, 0.2) is 36.4 Å². The number of rotatable bonds is 9. The number of methoxy groups -OCH3 is 3. The van der Waals surface area contributed by atoms with Gasteiger partial charge in [0.25, 0.3) is 0 Å². The van der Waals surface area contributed by atoms with Crippen molar-refractivity contribution in [1.82, 2.24) is 0 Å². The van der Waals surface area contributed by atoms with Gasteiger partial charge in [0.15, 0.2) is 11.5 Å². The second-order valence-electron chi connectivity index (χ2n) is 5.84. The minimum absolute atomic E-state index is 0.157. The Hall–Kier alpha value is -2.87. The van der Waals surface area contributed by atoms with E-state index in [9.17, 15) is 9.59 Å². The van der Waals surface area contributed by atoms with Crippen LogP contribution < -0.4 is 24.8 Å². The van der Waals surface area contributed by atoms with Crippen LogP contribution >= 0.6 is 11.8 Å². The average molecular weight is 404 g/mol. The highest BCUT2D eigenvalue weighted by atomic mass is 32.2. The van der Waals surface area contributed by atoms with E-state index in [0.717, 1.165) is 11.3 Å². The normalized spacial score (nSPS) is 10.1. The van der Waals surface area contributed by atoms with Crippen molar-refractivity contribution in [2.24, 2.45) is 0 Å². The number of benzene rings is 2. The molecule has 0 saturated carbocycles. The van der Waals surface area contributed by atoms with Crippen molar-refractivity contribution in [3.8, 4) is 17.2 Å². The van der Waals surface area contributed by atoms with Gasteiger partial charge in [-0.05, 0) is 42.8 Å². The van der Waals surface area contributed by atoms with Gasteiger partial charge in [-0.1, -0.05) is 0 Å². The van der Waals surface area contributed by atoms with Crippen LogP contribution in [0.5, 0.6) is 17.2 Å². The highest BCUT2D eigenvalue weighted by molar-refractivity contribution is 8.00. The standard InChI is InChI=1S/C20H24N2O5S/c1-13-9-17(26-3)18(27-4)10-16(13)22-20(24)12-28-11-19(23)21-14-5-7-15(25-2)8-6-14/h5-10H,11-12H2,1-4H3,(H,21,23)(H,22,24). The molecular formula is C20H24N2O5S. The molecule has 2 amide bonds. The maximum absolute atomic E-state index is 12.2. The molecule has 0 saturated heterocycles. The van der Waals surface area contributed by atoms with E-state index in [1.165, 1.54) is 18.9 Å². The van der Waals surface area contributed by atoms with E-state index in [2.05, 4.69) is 10.6 Å². The lowest BCUT2D eigenvalue weighted by Crippen LogP contribution is -2.18. The van der Waals surface area contributed by atoms with Crippen molar-refractivity contribution < 1.29 is 23.8 Å². The van der Waals surface area contributed by atoms with Crippen molar-refractivity contribution >= 4 is 35.0 Å². The molecule has 0 radical (unpaired) electrons. The molecule has 0 bridgehead atoms. The molecule has 0 heterocycles. The average Bonchev–Trinajstić information content (AvgIpc) is 2.69. The fraction of sp³-hybridized carbons (Fsp3) is 0.300. The molecule has 0 atom stereocenters. The highest BCUT2D eigenvalue weighted by Crippen LogP contribution is 2.32. The van der Waals surface area contributed by atoms with Crippen LogP contribution in [0, 0.1) is 6.92 Å². The molecule has 2 rings (SSSR count). The Labute approximate surface area is 168 Å². The third kappa shape index (κ3) is 6.09. The van der Waals surface area contributed by atoms with Gasteiger partial charge in [0, 0.05) is 17.4 Å². The zero-order chi connectivity index (χ0) is 20.5. The number of aryl methyl sites for hydroxylation is 1. The molecular weight excluding hydrogens is 380 g/mol. The summed E-state index contributed by atoms with van der Waals surface area (Å²) in [4.78, 5) is 24.2. The number of anilines is 2. The molecule has 0 aliphatic carbocycles. The third-order valence-corrected chi connectivity index (χ3v) is 4.78. The van der Waals surface area contributed by atoms with E-state index in [-0.39, 0.29) is 23.3 Å². The first kappa shape index (κ1) is 21.4. The minimum Gasteiger partial charge on any atom is -0.497 e. The molecule has 0 unspecified atom stereocenters. The molecule has 28 heavy (non-hydrogen) atoms. The second-order valence-corrected chi connectivity index (χ2v) is 6.83. The molecule has 2 aromatic rings. The number of thioether (sulfide) groups is 1. The Bertz CT molecular complexity index is 824. The van der Waals surface area contributed by atoms with Crippen molar-refractivity contribution in [3.05, 3.63) is 42.0 Å². The molecule has 0 fully saturated rings. The Morgan fingerprint density at radius 1 is 0.857 bits per heavy atom. The van der Waals surface area contributed by atoms with Gasteiger partial charge in [-0.3, -0.25) is 9.59 Å². The molecule has 2 aromatic carbocycles. The summed E-state index contributed by atoms with van der Waals surface area (Å²) in [6.07, 6.45) is 0. The predicted octanol–water partition coefficient (Wildman–Crippen LogP) is 3.33. The smallest absolute Gasteiger partial charge is 0.234 e. The van der Waals surface area contributed by atoms with E-state index in [0.29, 0.717) is 22.9 Å². The Kier molecular flexibility index (Phi) is 8.01. The van der Waals surface area contributed by atoms with Crippen LogP contribution in [0.25, 0.3) is 0 Å². The summed E-state index contributed by atoms with van der Waals surface area (Å²) in [5.41, 5.74) is 2.18. The highest BCUT2D eigenvalue weighted by Gasteiger charge is 2.12. The summed E-state index contributed by atoms with van der Waals surface area (Å²) in [5, 5.41) is 5.61. The Morgan fingerprint density at radius 3 is 2.00 bits per heavy atom. The quantitative estimate of drug-likeness (QED) is 0.667. The van der Waals surface area contributed by atoms with Gasteiger partial charge in [0.1, 0.15) is 5.75 Å². The van der Waals surface area contributed by atoms with E-state index >= 15 is 0 Å². The van der Waals surface area contributed by atoms with E-state index in [1.54, 1.807) is 50.6 Å². The van der Waals surface area contributed by atoms with Gasteiger partial charge in [-0.25, -0.2) is 0 Å². The van der Waals surface area contributed by atoms with Crippen LogP contribution in [0.3, 0.4) is 0 Å². The molecule has 0 spiro atoms. The maximum atomic E-state index is 12.2. The summed E-state index contributed by atoms with van der Waals surface area (Å²) in [6, 6.07) is 10.6. The van der Waals surface area contributed by atoms with E-state index in [4.69, 9.17) is 14.2 Å². The lowest BCUT2D eigenvalue weighted by atomic mass is 10.1. The molecule has 8 heteroatoms. The zero-order valence-electron chi connectivity index (χ0n) is 16.3. The first-order valence-corrected chi connectivity index (χ1v) is 9.66. The molecule has 0 aliphatic rings. The van der Waals surface area contributed by atoms with Crippen molar-refractivity contribution in [1.29, 1.82) is 0 Å². The SMILES string of the molecule is COc1ccc(NC(=O)CSCC(=O)Nc2cc(OC)c(OC)cc2C)cc1. The summed E-state index contributed by atoms with van der Waals surface area (Å²) >= 11 is 1.23. The van der Waals surface area contributed by atoms with Gasteiger partial charge < -0.3 is 24.8 Å². The van der Waals surface area contributed by atoms with Crippen LogP contribution in [-0.2, 0) is 9.59 Å². The maximum Gasteiger partial charge on any atom is 0.234 e. The summed E-state index contributed by atoms with van der Waals surface area (Å²) < 4.78 is 15.6. The monoisotopic (exact) mass is 404 g/mol. The zero-order valence-corrected chi connectivity index (χ0v) is 17.1. The number of ether oxygens (including phenoxy) is 3. The number of nitrogens with one attached hydrogen (secondary N) is 2. The fourth-order valence-corrected chi connectivity index (χ4v) is 3.03. The Balaban J connectivity index is 1.81. The largest absolute Gasteiger partial charge is 0.497 e. The first-order chi connectivity index (χ1) is 13.5. The molecule has 0 aliphatic heterocycles. The van der Waals surface area contributed by atoms with Gasteiger partial charge in [-0.15, -0.1) is 11.8 Å². The predicted molar refractivity (Wildman–Crippen MR) is 112 cm³/mol. The van der Waals surface area contributed by atoms with E-state index < -0.39 is 0 Å². The number of amides is 2. The van der Waals surface area contributed by atoms with Gasteiger partial charge in [-0.2, -0.15) is 0 Å². The fourth-order valence-electron chi connectivity index (χ4n) is 2.41. The summed E-state index contributed by atoms with van der Waals surface area (Å²) in [5.74, 6) is 1.81. The topological polar surface area (TPSA) is 85.9 Å². The summed E-state index contributed by atoms with van der Waals surface area (Å²) in [7, 11) is 4.68. The van der Waals surface area contributed by atoms with Crippen molar-refractivity contribution in [3.63, 3.8) is 0 Å². The third-order valence-electron chi connectivity index (χ3n) is 3.84. The second kappa shape index (κ2) is 10.5. The molecule has 2 N–H and O–H groups in total. The van der Waals surface area contributed by atoms with Crippen LogP contribution in [-0.4, -0.2) is 44.6 Å². The number of hydrogen-bond acceptors (Lipinski definition) is 6. The first-order valence-electron chi connectivity index (χ1n) is 8.51. The van der Waals surface area contributed by atoms with Crippen molar-refractivity contribution in [2.45, 2.75) is 6.92 Å². The molecule has 7 nitrogen and oxygen atoms in total. The lowest BCUT2D eigenvalue weighted by molar-refractivity contribution is -0.114.